The average molecular weight is 179 g/mol. The first-order valence-corrected chi connectivity index (χ1v) is 4.90. The van der Waals surface area contributed by atoms with Crippen LogP contribution in [0.5, 0.6) is 0 Å². The lowest BCUT2D eigenvalue weighted by Gasteiger charge is -1.87. The minimum atomic E-state index is 0.924. The highest BCUT2D eigenvalue weighted by molar-refractivity contribution is 7.10. The molecule has 1 heterocycles. The van der Waals surface area contributed by atoms with Crippen molar-refractivity contribution in [2.24, 2.45) is 0 Å². The van der Waals surface area contributed by atoms with E-state index in [1.54, 1.807) is 11.3 Å². The van der Waals surface area contributed by atoms with Gasteiger partial charge in [-0.15, -0.1) is 11.3 Å². The number of hydrogen-bond acceptors (Lipinski definition) is 2. The van der Waals surface area contributed by atoms with Crippen LogP contribution in [0.3, 0.4) is 0 Å². The summed E-state index contributed by atoms with van der Waals surface area (Å²) >= 11 is 1.71. The van der Waals surface area contributed by atoms with Crippen LogP contribution in [0.4, 0.5) is 0 Å². The normalized spacial score (nSPS) is 9.17. The molecule has 1 aromatic heterocycles. The first kappa shape index (κ1) is 9.31. The third kappa shape index (κ3) is 2.69. The van der Waals surface area contributed by atoms with E-state index < -0.39 is 0 Å². The highest BCUT2D eigenvalue weighted by Crippen LogP contribution is 2.13. The molecule has 0 spiro atoms. The van der Waals surface area contributed by atoms with Gasteiger partial charge in [0.05, 0.1) is 4.88 Å². The molecule has 0 bridgehead atoms. The molecule has 1 rings (SSSR count). The number of hydrogen-bond donors (Lipinski definition) is 1. The van der Waals surface area contributed by atoms with Crippen LogP contribution in [0.2, 0.25) is 0 Å². The van der Waals surface area contributed by atoms with Gasteiger partial charge in [-0.3, -0.25) is 0 Å². The maximum absolute atomic E-state index is 3.16. The molecule has 0 aliphatic heterocycles. The van der Waals surface area contributed by atoms with Gasteiger partial charge in [-0.1, -0.05) is 11.8 Å². The number of rotatable bonds is 2. The summed E-state index contributed by atoms with van der Waals surface area (Å²) in [7, 11) is 1.94. The summed E-state index contributed by atoms with van der Waals surface area (Å²) in [4.78, 5) is 1.20. The van der Waals surface area contributed by atoms with Gasteiger partial charge in [-0.25, -0.2) is 0 Å². The molecule has 0 fully saturated rings. The van der Waals surface area contributed by atoms with Gasteiger partial charge in [0.25, 0.3) is 0 Å². The van der Waals surface area contributed by atoms with Crippen molar-refractivity contribution in [1.29, 1.82) is 0 Å². The molecule has 1 aromatic rings. The number of thiophene rings is 1. The van der Waals surface area contributed by atoms with Crippen LogP contribution in [-0.2, 0) is 0 Å². The monoisotopic (exact) mass is 179 g/mol. The van der Waals surface area contributed by atoms with Gasteiger partial charge < -0.3 is 5.32 Å². The Kier molecular flexibility index (Phi) is 3.86. The van der Waals surface area contributed by atoms with Crippen molar-refractivity contribution < 1.29 is 0 Å². The molecule has 1 N–H and O–H groups in total. The molecule has 0 saturated heterocycles. The summed E-state index contributed by atoms with van der Waals surface area (Å²) in [5, 5.41) is 5.14. The summed E-state index contributed by atoms with van der Waals surface area (Å²) in [5.74, 6) is 6.28. The molecule has 64 valence electrons. The van der Waals surface area contributed by atoms with E-state index >= 15 is 0 Å². The lowest BCUT2D eigenvalue weighted by Crippen LogP contribution is -2.05. The molecule has 0 aliphatic rings. The minimum Gasteiger partial charge on any atom is -0.319 e. The Morgan fingerprint density at radius 2 is 2.42 bits per heavy atom. The highest BCUT2D eigenvalue weighted by Gasteiger charge is 1.92. The van der Waals surface area contributed by atoms with Gasteiger partial charge in [0.15, 0.2) is 0 Å². The fourth-order valence-electron chi connectivity index (χ4n) is 0.831. The Morgan fingerprint density at radius 3 is 3.00 bits per heavy atom. The second-order valence-electron chi connectivity index (χ2n) is 2.59. The maximum Gasteiger partial charge on any atom is 0.0797 e. The quantitative estimate of drug-likeness (QED) is 0.541. The molecular weight excluding hydrogens is 166 g/mol. The van der Waals surface area contributed by atoms with Crippen molar-refractivity contribution >= 4 is 11.3 Å². The molecule has 2 heteroatoms. The summed E-state index contributed by atoms with van der Waals surface area (Å²) in [6, 6.07) is 2.10. The lowest BCUT2D eigenvalue weighted by atomic mass is 10.3. The first-order valence-electron chi connectivity index (χ1n) is 4.02. The molecule has 0 saturated carbocycles. The van der Waals surface area contributed by atoms with Crippen LogP contribution < -0.4 is 5.32 Å². The number of aryl methyl sites for hydroxylation is 1. The van der Waals surface area contributed by atoms with Crippen molar-refractivity contribution in [2.75, 3.05) is 13.6 Å². The Labute approximate surface area is 77.8 Å². The SMILES string of the molecule is CNCCC#Cc1sccc1C. The van der Waals surface area contributed by atoms with Gasteiger partial charge in [0.2, 0.25) is 0 Å². The first-order chi connectivity index (χ1) is 5.84. The second-order valence-corrected chi connectivity index (χ2v) is 3.50. The van der Waals surface area contributed by atoms with E-state index in [2.05, 4.69) is 35.5 Å². The molecule has 1 nitrogen and oxygen atoms in total. The minimum absolute atomic E-state index is 0.924. The molecule has 0 aliphatic carbocycles. The summed E-state index contributed by atoms with van der Waals surface area (Å²) in [6.45, 7) is 3.07. The Hall–Kier alpha value is -0.780. The lowest BCUT2D eigenvalue weighted by molar-refractivity contribution is 0.818. The molecule has 0 aromatic carbocycles. The molecule has 0 unspecified atom stereocenters. The molecule has 12 heavy (non-hydrogen) atoms. The third-order valence-electron chi connectivity index (χ3n) is 1.56. The highest BCUT2D eigenvalue weighted by atomic mass is 32.1. The molecular formula is C10H13NS. The fraction of sp³-hybridized carbons (Fsp3) is 0.400. The van der Waals surface area contributed by atoms with E-state index in [0.29, 0.717) is 0 Å². The van der Waals surface area contributed by atoms with Gasteiger partial charge in [-0.05, 0) is 31.0 Å². The van der Waals surface area contributed by atoms with Crippen molar-refractivity contribution in [3.8, 4) is 11.8 Å². The van der Waals surface area contributed by atoms with E-state index in [4.69, 9.17) is 0 Å². The molecule has 0 atom stereocenters. The van der Waals surface area contributed by atoms with E-state index in [1.165, 1.54) is 10.4 Å². The molecule has 0 amide bonds. The zero-order valence-electron chi connectivity index (χ0n) is 7.48. The largest absolute Gasteiger partial charge is 0.319 e. The van der Waals surface area contributed by atoms with E-state index in [1.807, 2.05) is 7.05 Å². The maximum atomic E-state index is 3.16. The Balaban J connectivity index is 2.49. The van der Waals surface area contributed by atoms with Crippen molar-refractivity contribution in [3.63, 3.8) is 0 Å². The van der Waals surface area contributed by atoms with Crippen LogP contribution in [-0.4, -0.2) is 13.6 Å². The van der Waals surface area contributed by atoms with Gasteiger partial charge in [0.1, 0.15) is 0 Å². The Bertz CT molecular complexity index is 290. The van der Waals surface area contributed by atoms with E-state index in [-0.39, 0.29) is 0 Å². The summed E-state index contributed by atoms with van der Waals surface area (Å²) in [6.07, 6.45) is 0.924. The van der Waals surface area contributed by atoms with Crippen LogP contribution in [0.25, 0.3) is 0 Å². The smallest absolute Gasteiger partial charge is 0.0797 e. The van der Waals surface area contributed by atoms with Crippen LogP contribution >= 0.6 is 11.3 Å². The summed E-state index contributed by atoms with van der Waals surface area (Å²) < 4.78 is 0. The van der Waals surface area contributed by atoms with Crippen LogP contribution in [0.1, 0.15) is 16.9 Å². The van der Waals surface area contributed by atoms with E-state index in [0.717, 1.165) is 13.0 Å². The topological polar surface area (TPSA) is 12.0 Å². The van der Waals surface area contributed by atoms with Crippen LogP contribution in [0, 0.1) is 18.8 Å². The third-order valence-corrected chi connectivity index (χ3v) is 2.50. The average Bonchev–Trinajstić information content (AvgIpc) is 2.46. The second kappa shape index (κ2) is 4.97. The van der Waals surface area contributed by atoms with Crippen LogP contribution in [0.15, 0.2) is 11.4 Å². The number of nitrogens with one attached hydrogen (secondary N) is 1. The van der Waals surface area contributed by atoms with E-state index in [9.17, 15) is 0 Å². The summed E-state index contributed by atoms with van der Waals surface area (Å²) in [5.41, 5.74) is 1.29. The zero-order chi connectivity index (χ0) is 8.81. The Morgan fingerprint density at radius 1 is 1.58 bits per heavy atom. The van der Waals surface area contributed by atoms with Gasteiger partial charge in [-0.2, -0.15) is 0 Å². The van der Waals surface area contributed by atoms with Gasteiger partial charge in [0, 0.05) is 13.0 Å². The predicted octanol–water partition coefficient (Wildman–Crippen LogP) is 2.02. The standard InChI is InChI=1S/C10H13NS/c1-9-6-8-12-10(9)5-3-4-7-11-2/h6,8,11H,4,7H2,1-2H3. The van der Waals surface area contributed by atoms with Gasteiger partial charge >= 0.3 is 0 Å². The zero-order valence-corrected chi connectivity index (χ0v) is 8.29. The molecule has 0 radical (unpaired) electrons. The van der Waals surface area contributed by atoms with Crippen molar-refractivity contribution in [1.82, 2.24) is 5.32 Å². The predicted molar refractivity (Wildman–Crippen MR) is 54.5 cm³/mol. The fourth-order valence-corrected chi connectivity index (χ4v) is 1.62. The van der Waals surface area contributed by atoms with Crippen molar-refractivity contribution in [3.05, 3.63) is 21.9 Å². The van der Waals surface area contributed by atoms with Crippen molar-refractivity contribution in [2.45, 2.75) is 13.3 Å².